The summed E-state index contributed by atoms with van der Waals surface area (Å²) in [5.74, 6) is 0.0422. The molecular weight excluding hydrogens is 416 g/mol. The summed E-state index contributed by atoms with van der Waals surface area (Å²) in [5, 5.41) is 0. The second kappa shape index (κ2) is 7.80. The summed E-state index contributed by atoms with van der Waals surface area (Å²) in [6, 6.07) is 12.6. The molecule has 0 bridgehead atoms. The van der Waals surface area contributed by atoms with Gasteiger partial charge in [-0.15, -0.1) is 0 Å². The molecule has 2 aromatic rings. The van der Waals surface area contributed by atoms with E-state index in [-0.39, 0.29) is 11.7 Å². The number of nitrogens with zero attached hydrogens (tertiary/aromatic N) is 1. The van der Waals surface area contributed by atoms with Crippen LogP contribution in [-0.4, -0.2) is 20.9 Å². The molecule has 0 fully saturated rings. The van der Waals surface area contributed by atoms with E-state index in [1.165, 1.54) is 0 Å². The van der Waals surface area contributed by atoms with Gasteiger partial charge in [0.2, 0.25) is 15.9 Å². The van der Waals surface area contributed by atoms with Gasteiger partial charge in [-0.1, -0.05) is 35.0 Å². The Morgan fingerprint density at radius 2 is 1.85 bits per heavy atom. The van der Waals surface area contributed by atoms with Crippen LogP contribution in [-0.2, 0) is 27.0 Å². The molecule has 0 aromatic heterocycles. The maximum Gasteiger partial charge on any atom is 0.236 e. The number of sulfonamides is 1. The van der Waals surface area contributed by atoms with Crippen LogP contribution >= 0.6 is 15.9 Å². The van der Waals surface area contributed by atoms with Crippen LogP contribution in [0.4, 0.5) is 11.4 Å². The van der Waals surface area contributed by atoms with Gasteiger partial charge < -0.3 is 4.90 Å². The number of benzene rings is 2. The van der Waals surface area contributed by atoms with Gasteiger partial charge in [-0.3, -0.25) is 9.52 Å². The number of hydrogen-bond acceptors (Lipinski definition) is 3. The molecule has 0 atom stereocenters. The summed E-state index contributed by atoms with van der Waals surface area (Å²) in [6.45, 7) is 2.71. The Morgan fingerprint density at radius 3 is 2.54 bits per heavy atom. The molecule has 1 aliphatic heterocycles. The topological polar surface area (TPSA) is 66.5 Å². The zero-order chi connectivity index (χ0) is 18.7. The van der Waals surface area contributed by atoms with Gasteiger partial charge in [-0.2, -0.15) is 0 Å². The summed E-state index contributed by atoms with van der Waals surface area (Å²) in [7, 11) is -3.51. The minimum Gasteiger partial charge on any atom is -0.312 e. The van der Waals surface area contributed by atoms with Crippen LogP contribution < -0.4 is 9.62 Å². The number of nitrogens with one attached hydrogen (secondary N) is 1. The smallest absolute Gasteiger partial charge is 0.236 e. The second-order valence-electron chi connectivity index (χ2n) is 6.38. The highest BCUT2D eigenvalue weighted by atomic mass is 79.9. The lowest BCUT2D eigenvalue weighted by atomic mass is 10.0. The molecule has 0 aliphatic carbocycles. The maximum atomic E-state index is 12.5. The number of halogens is 1. The van der Waals surface area contributed by atoms with Crippen molar-refractivity contribution in [2.24, 2.45) is 0 Å². The molecule has 1 N–H and O–H groups in total. The molecule has 7 heteroatoms. The quantitative estimate of drug-likeness (QED) is 0.741. The molecule has 1 amide bonds. The lowest BCUT2D eigenvalue weighted by Gasteiger charge is -2.29. The van der Waals surface area contributed by atoms with Gasteiger partial charge in [0, 0.05) is 28.8 Å². The van der Waals surface area contributed by atoms with E-state index < -0.39 is 10.0 Å². The van der Waals surface area contributed by atoms with E-state index in [4.69, 9.17) is 0 Å². The monoisotopic (exact) mass is 436 g/mol. The van der Waals surface area contributed by atoms with E-state index in [2.05, 4.69) is 20.7 Å². The molecule has 0 radical (unpaired) electrons. The number of aryl methyl sites for hydroxylation is 1. The fraction of sp³-hybridized carbons (Fsp3) is 0.316. The number of carbonyl (C=O) groups excluding carboxylic acids is 1. The van der Waals surface area contributed by atoms with Crippen molar-refractivity contribution in [3.63, 3.8) is 0 Å². The van der Waals surface area contributed by atoms with Crippen LogP contribution in [0.3, 0.4) is 0 Å². The fourth-order valence-electron chi connectivity index (χ4n) is 3.11. The van der Waals surface area contributed by atoms with Gasteiger partial charge in [-0.05, 0) is 54.3 Å². The minimum atomic E-state index is -3.51. The van der Waals surface area contributed by atoms with E-state index in [1.54, 1.807) is 23.1 Å². The van der Waals surface area contributed by atoms with Crippen LogP contribution in [0, 0.1) is 0 Å². The highest BCUT2D eigenvalue weighted by molar-refractivity contribution is 9.10. The third-order valence-corrected chi connectivity index (χ3v) is 6.06. The highest BCUT2D eigenvalue weighted by Crippen LogP contribution is 2.31. The summed E-state index contributed by atoms with van der Waals surface area (Å²) < 4.78 is 28.5. The van der Waals surface area contributed by atoms with Crippen LogP contribution in [0.25, 0.3) is 0 Å². The Bertz CT molecular complexity index is 911. The Balaban J connectivity index is 1.78. The number of fused-ring (bicyclic) bond motifs is 1. The largest absolute Gasteiger partial charge is 0.312 e. The number of hydrogen-bond donors (Lipinski definition) is 1. The Labute approximate surface area is 162 Å². The molecule has 0 unspecified atom stereocenters. The average Bonchev–Trinajstić information content (AvgIpc) is 2.59. The SMILES string of the molecule is CCCN1C(=O)CCc2cc(NS(=O)(=O)Cc3ccc(Br)cc3)ccc21. The first kappa shape index (κ1) is 18.9. The molecule has 1 heterocycles. The first-order chi connectivity index (χ1) is 12.4. The number of amides is 1. The summed E-state index contributed by atoms with van der Waals surface area (Å²) in [6.07, 6.45) is 1.98. The van der Waals surface area contributed by atoms with Gasteiger partial charge in [0.1, 0.15) is 0 Å². The molecule has 3 rings (SSSR count). The maximum absolute atomic E-state index is 12.5. The van der Waals surface area contributed by atoms with Gasteiger partial charge in [0.15, 0.2) is 0 Å². The molecule has 5 nitrogen and oxygen atoms in total. The Hall–Kier alpha value is -1.86. The van der Waals surface area contributed by atoms with Gasteiger partial charge in [0.05, 0.1) is 5.75 Å². The molecule has 1 aliphatic rings. The normalized spacial score (nSPS) is 14.2. The molecule has 0 saturated heterocycles. The van der Waals surface area contributed by atoms with E-state index in [0.717, 1.165) is 27.7 Å². The molecular formula is C19H21BrN2O3S. The van der Waals surface area contributed by atoms with Crippen LogP contribution in [0.1, 0.15) is 30.9 Å². The van der Waals surface area contributed by atoms with Crippen molar-refractivity contribution in [1.29, 1.82) is 0 Å². The summed E-state index contributed by atoms with van der Waals surface area (Å²) in [4.78, 5) is 13.9. The van der Waals surface area contributed by atoms with Crippen LogP contribution in [0.2, 0.25) is 0 Å². The van der Waals surface area contributed by atoms with Gasteiger partial charge in [-0.25, -0.2) is 8.42 Å². The van der Waals surface area contributed by atoms with E-state index in [1.807, 2.05) is 31.2 Å². The molecule has 0 saturated carbocycles. The molecule has 2 aromatic carbocycles. The Kier molecular flexibility index (Phi) is 5.67. The zero-order valence-corrected chi connectivity index (χ0v) is 16.9. The summed E-state index contributed by atoms with van der Waals surface area (Å²) in [5.41, 5.74) is 3.14. The average molecular weight is 437 g/mol. The summed E-state index contributed by atoms with van der Waals surface area (Å²) >= 11 is 3.34. The first-order valence-corrected chi connectivity index (χ1v) is 11.0. The van der Waals surface area contributed by atoms with Crippen LogP contribution in [0.15, 0.2) is 46.9 Å². The zero-order valence-electron chi connectivity index (χ0n) is 14.5. The number of anilines is 2. The lowest BCUT2D eigenvalue weighted by Crippen LogP contribution is -2.35. The van der Waals surface area contributed by atoms with E-state index >= 15 is 0 Å². The molecule has 26 heavy (non-hydrogen) atoms. The predicted molar refractivity (Wildman–Crippen MR) is 108 cm³/mol. The molecule has 0 spiro atoms. The van der Waals surface area contributed by atoms with E-state index in [9.17, 15) is 13.2 Å². The highest BCUT2D eigenvalue weighted by Gasteiger charge is 2.24. The number of rotatable bonds is 6. The predicted octanol–water partition coefficient (Wildman–Crippen LogP) is 4.08. The van der Waals surface area contributed by atoms with Gasteiger partial charge in [0.25, 0.3) is 0 Å². The minimum absolute atomic E-state index is 0.0855. The molecule has 138 valence electrons. The standard InChI is InChI=1S/C19H21BrN2O3S/c1-2-11-22-18-9-8-17(12-15(18)5-10-19(22)23)21-26(24,25)13-14-3-6-16(20)7-4-14/h3-4,6-9,12,21H,2,5,10-11,13H2,1H3. The van der Waals surface area contributed by atoms with E-state index in [0.29, 0.717) is 25.1 Å². The third-order valence-electron chi connectivity index (χ3n) is 4.27. The fourth-order valence-corrected chi connectivity index (χ4v) is 4.56. The van der Waals surface area contributed by atoms with Crippen molar-refractivity contribution in [1.82, 2.24) is 0 Å². The van der Waals surface area contributed by atoms with Crippen molar-refractivity contribution in [3.8, 4) is 0 Å². The second-order valence-corrected chi connectivity index (χ2v) is 9.01. The van der Waals surface area contributed by atoms with Gasteiger partial charge >= 0.3 is 0 Å². The van der Waals surface area contributed by atoms with Crippen molar-refractivity contribution < 1.29 is 13.2 Å². The third kappa shape index (κ3) is 4.45. The van der Waals surface area contributed by atoms with Crippen molar-refractivity contribution in [2.75, 3.05) is 16.2 Å². The first-order valence-electron chi connectivity index (χ1n) is 8.56. The number of carbonyl (C=O) groups is 1. The Morgan fingerprint density at radius 1 is 1.12 bits per heavy atom. The van der Waals surface area contributed by atoms with Crippen molar-refractivity contribution >= 4 is 43.2 Å². The van der Waals surface area contributed by atoms with Crippen LogP contribution in [0.5, 0.6) is 0 Å². The van der Waals surface area contributed by atoms with Crippen molar-refractivity contribution in [2.45, 2.75) is 31.9 Å². The van der Waals surface area contributed by atoms with Crippen molar-refractivity contribution in [3.05, 3.63) is 58.1 Å². The lowest BCUT2D eigenvalue weighted by molar-refractivity contribution is -0.118.